The summed E-state index contributed by atoms with van der Waals surface area (Å²) in [5.74, 6) is -0.0749. The number of hydrogen-bond acceptors (Lipinski definition) is 2. The lowest BCUT2D eigenvalue weighted by Crippen LogP contribution is -2.28. The van der Waals surface area contributed by atoms with Crippen molar-refractivity contribution >= 4 is 17.6 Å². The van der Waals surface area contributed by atoms with E-state index in [0.29, 0.717) is 18.7 Å². The molecule has 2 aliphatic rings. The molecule has 1 fully saturated rings. The summed E-state index contributed by atoms with van der Waals surface area (Å²) in [6, 6.07) is 15.4. The van der Waals surface area contributed by atoms with Crippen molar-refractivity contribution in [3.8, 4) is 0 Å². The molecule has 122 valence electrons. The van der Waals surface area contributed by atoms with Gasteiger partial charge in [-0.05, 0) is 48.2 Å². The minimum Gasteiger partial charge on any atom is -0.345 e. The second-order valence-electron chi connectivity index (χ2n) is 6.19. The molecule has 24 heavy (non-hydrogen) atoms. The maximum Gasteiger partial charge on any atom is 0.321 e. The van der Waals surface area contributed by atoms with Crippen molar-refractivity contribution in [1.29, 1.82) is 0 Å². The van der Waals surface area contributed by atoms with Gasteiger partial charge in [0.15, 0.2) is 0 Å². The fourth-order valence-electron chi connectivity index (χ4n) is 3.46. The number of hydrogen-bond donors (Lipinski definition) is 2. The van der Waals surface area contributed by atoms with Gasteiger partial charge in [-0.1, -0.05) is 24.3 Å². The van der Waals surface area contributed by atoms with Gasteiger partial charge in [-0.3, -0.25) is 9.69 Å². The van der Waals surface area contributed by atoms with Gasteiger partial charge in [-0.25, -0.2) is 4.79 Å². The molecule has 2 N–H and O–H groups in total. The summed E-state index contributed by atoms with van der Waals surface area (Å²) in [5, 5.41) is 5.89. The summed E-state index contributed by atoms with van der Waals surface area (Å²) in [6.45, 7) is 1.31. The number of anilines is 1. The maximum absolute atomic E-state index is 12.5. The Morgan fingerprint density at radius 1 is 1.12 bits per heavy atom. The van der Waals surface area contributed by atoms with E-state index < -0.39 is 0 Å². The monoisotopic (exact) mass is 321 g/mol. The summed E-state index contributed by atoms with van der Waals surface area (Å²) in [4.78, 5) is 25.9. The molecule has 1 atom stereocenters. The highest BCUT2D eigenvalue weighted by molar-refractivity contribution is 5.97. The van der Waals surface area contributed by atoms with Crippen LogP contribution in [-0.2, 0) is 6.42 Å². The number of carbonyl (C=O) groups is 2. The molecule has 1 unspecified atom stereocenters. The standard InChI is InChI=1S/C19H19N3O2/c23-18(21-17-10-7-13-3-1-2-4-16(13)17)14-5-8-15(9-6-14)22-12-11-20-19(22)24/h1-6,8-9,17H,7,10-12H2,(H,20,24)(H,21,23). The Hall–Kier alpha value is -2.82. The third-order valence-corrected chi connectivity index (χ3v) is 4.74. The summed E-state index contributed by atoms with van der Waals surface area (Å²) in [6.07, 6.45) is 1.95. The number of benzene rings is 2. The molecule has 5 heteroatoms. The van der Waals surface area contributed by atoms with Crippen LogP contribution in [-0.4, -0.2) is 25.0 Å². The average Bonchev–Trinajstić information content (AvgIpc) is 3.22. The third kappa shape index (κ3) is 2.62. The predicted octanol–water partition coefficient (Wildman–Crippen LogP) is 2.63. The van der Waals surface area contributed by atoms with Crippen molar-refractivity contribution in [2.45, 2.75) is 18.9 Å². The predicted molar refractivity (Wildman–Crippen MR) is 92.2 cm³/mol. The Bertz CT molecular complexity index is 785. The van der Waals surface area contributed by atoms with Crippen LogP contribution in [0.15, 0.2) is 48.5 Å². The van der Waals surface area contributed by atoms with Gasteiger partial charge in [0, 0.05) is 24.3 Å². The second-order valence-corrected chi connectivity index (χ2v) is 6.19. The number of amides is 3. The molecular weight excluding hydrogens is 302 g/mol. The van der Waals surface area contributed by atoms with Crippen molar-refractivity contribution < 1.29 is 9.59 Å². The molecule has 0 saturated carbocycles. The second kappa shape index (κ2) is 6.00. The van der Waals surface area contributed by atoms with Crippen molar-refractivity contribution in [2.24, 2.45) is 0 Å². The van der Waals surface area contributed by atoms with E-state index >= 15 is 0 Å². The first-order valence-electron chi connectivity index (χ1n) is 8.26. The van der Waals surface area contributed by atoms with Crippen LogP contribution >= 0.6 is 0 Å². The molecular formula is C19H19N3O2. The lowest BCUT2D eigenvalue weighted by Gasteiger charge is -2.16. The first-order valence-corrected chi connectivity index (χ1v) is 8.26. The Morgan fingerprint density at radius 2 is 1.92 bits per heavy atom. The molecule has 0 aromatic heterocycles. The van der Waals surface area contributed by atoms with Gasteiger partial charge >= 0.3 is 6.03 Å². The minimum absolute atomic E-state index is 0.0749. The fraction of sp³-hybridized carbons (Fsp3) is 0.263. The number of nitrogens with one attached hydrogen (secondary N) is 2. The van der Waals surface area contributed by atoms with E-state index in [2.05, 4.69) is 22.8 Å². The van der Waals surface area contributed by atoms with E-state index in [0.717, 1.165) is 18.5 Å². The quantitative estimate of drug-likeness (QED) is 0.913. The van der Waals surface area contributed by atoms with E-state index in [1.54, 1.807) is 17.0 Å². The molecule has 1 aliphatic carbocycles. The molecule has 5 nitrogen and oxygen atoms in total. The van der Waals surface area contributed by atoms with Crippen LogP contribution in [0.2, 0.25) is 0 Å². The summed E-state index contributed by atoms with van der Waals surface area (Å²) in [7, 11) is 0. The van der Waals surface area contributed by atoms with Crippen molar-refractivity contribution in [2.75, 3.05) is 18.0 Å². The van der Waals surface area contributed by atoms with Gasteiger partial charge in [-0.2, -0.15) is 0 Å². The van der Waals surface area contributed by atoms with Crippen LogP contribution < -0.4 is 15.5 Å². The zero-order chi connectivity index (χ0) is 16.5. The van der Waals surface area contributed by atoms with Gasteiger partial charge in [0.2, 0.25) is 0 Å². The maximum atomic E-state index is 12.5. The number of fused-ring (bicyclic) bond motifs is 1. The van der Waals surface area contributed by atoms with E-state index in [4.69, 9.17) is 0 Å². The molecule has 0 spiro atoms. The minimum atomic E-state index is -0.0882. The van der Waals surface area contributed by atoms with Crippen LogP contribution in [0, 0.1) is 0 Å². The van der Waals surface area contributed by atoms with Crippen LogP contribution in [0.3, 0.4) is 0 Å². The summed E-state index contributed by atoms with van der Waals surface area (Å²) in [5.41, 5.74) is 3.96. The molecule has 1 heterocycles. The number of carbonyl (C=O) groups excluding carboxylic acids is 2. The Morgan fingerprint density at radius 3 is 2.67 bits per heavy atom. The fourth-order valence-corrected chi connectivity index (χ4v) is 3.46. The molecule has 0 radical (unpaired) electrons. The SMILES string of the molecule is O=C(NC1CCc2ccccc21)c1ccc(N2CCNC2=O)cc1. The molecule has 4 rings (SSSR count). The molecule has 3 amide bonds. The topological polar surface area (TPSA) is 61.4 Å². The summed E-state index contributed by atoms with van der Waals surface area (Å²) < 4.78 is 0. The lowest BCUT2D eigenvalue weighted by molar-refractivity contribution is 0.0936. The largest absolute Gasteiger partial charge is 0.345 e. The smallest absolute Gasteiger partial charge is 0.321 e. The highest BCUT2D eigenvalue weighted by Crippen LogP contribution is 2.31. The molecule has 0 bridgehead atoms. The van der Waals surface area contributed by atoms with E-state index in [1.165, 1.54) is 11.1 Å². The van der Waals surface area contributed by atoms with E-state index in [9.17, 15) is 9.59 Å². The molecule has 1 aliphatic heterocycles. The van der Waals surface area contributed by atoms with E-state index in [1.807, 2.05) is 24.3 Å². The van der Waals surface area contributed by atoms with Gasteiger partial charge in [-0.15, -0.1) is 0 Å². The number of rotatable bonds is 3. The molecule has 2 aromatic carbocycles. The van der Waals surface area contributed by atoms with Crippen LogP contribution in [0.25, 0.3) is 0 Å². The third-order valence-electron chi connectivity index (χ3n) is 4.74. The van der Waals surface area contributed by atoms with Gasteiger partial charge < -0.3 is 10.6 Å². The highest BCUT2D eigenvalue weighted by Gasteiger charge is 2.24. The zero-order valence-electron chi connectivity index (χ0n) is 13.3. The number of urea groups is 1. The summed E-state index contributed by atoms with van der Waals surface area (Å²) >= 11 is 0. The Kier molecular flexibility index (Phi) is 3.69. The van der Waals surface area contributed by atoms with Gasteiger partial charge in [0.05, 0.1) is 6.04 Å². The van der Waals surface area contributed by atoms with Crippen LogP contribution in [0.4, 0.5) is 10.5 Å². The Balaban J connectivity index is 1.46. The Labute approximate surface area is 140 Å². The highest BCUT2D eigenvalue weighted by atomic mass is 16.2. The first-order chi connectivity index (χ1) is 11.7. The van der Waals surface area contributed by atoms with Crippen molar-refractivity contribution in [3.63, 3.8) is 0 Å². The average molecular weight is 321 g/mol. The molecule has 2 aromatic rings. The lowest BCUT2D eigenvalue weighted by atomic mass is 10.1. The van der Waals surface area contributed by atoms with Crippen molar-refractivity contribution in [1.82, 2.24) is 10.6 Å². The normalized spacial score (nSPS) is 19.1. The van der Waals surface area contributed by atoms with Crippen LogP contribution in [0.5, 0.6) is 0 Å². The van der Waals surface area contributed by atoms with Crippen LogP contribution in [0.1, 0.15) is 33.9 Å². The molecule has 1 saturated heterocycles. The van der Waals surface area contributed by atoms with Gasteiger partial charge in [0.1, 0.15) is 0 Å². The van der Waals surface area contributed by atoms with Gasteiger partial charge in [0.25, 0.3) is 5.91 Å². The number of aryl methyl sites for hydroxylation is 1. The van der Waals surface area contributed by atoms with E-state index in [-0.39, 0.29) is 18.0 Å². The van der Waals surface area contributed by atoms with Crippen molar-refractivity contribution in [3.05, 3.63) is 65.2 Å². The first kappa shape index (κ1) is 14.8. The number of nitrogens with zero attached hydrogens (tertiary/aromatic N) is 1. The zero-order valence-corrected chi connectivity index (χ0v) is 13.3.